The second-order valence-corrected chi connectivity index (χ2v) is 6.16. The minimum atomic E-state index is -0.224. The van der Waals surface area contributed by atoms with Crippen LogP contribution in [0.5, 0.6) is 0 Å². The largest absolute Gasteiger partial charge is 0.377 e. The summed E-state index contributed by atoms with van der Waals surface area (Å²) in [5.74, 6) is 0.785. The number of methoxy groups -OCH3 is 1. The monoisotopic (exact) mass is 306 g/mol. The Kier molecular flexibility index (Phi) is 7.35. The third-order valence-corrected chi connectivity index (χ3v) is 3.73. The summed E-state index contributed by atoms with van der Waals surface area (Å²) in [5.41, 5.74) is 1.06. The number of likely N-dealkylation sites (N-methyl/N-ethyl adjacent to an activating group) is 1. The lowest BCUT2D eigenvalue weighted by Gasteiger charge is -2.27. The summed E-state index contributed by atoms with van der Waals surface area (Å²) in [5, 5.41) is 6.69. The number of nitrogens with zero attached hydrogens (tertiary/aromatic N) is 2. The van der Waals surface area contributed by atoms with Crippen LogP contribution in [0.3, 0.4) is 0 Å². The molecule has 22 heavy (non-hydrogen) atoms. The molecule has 2 N–H and O–H groups in total. The Bertz CT molecular complexity index is 457. The van der Waals surface area contributed by atoms with Crippen molar-refractivity contribution in [1.82, 2.24) is 15.5 Å². The van der Waals surface area contributed by atoms with E-state index in [9.17, 15) is 0 Å². The normalized spacial score (nSPS) is 14.0. The van der Waals surface area contributed by atoms with Crippen LogP contribution in [0.15, 0.2) is 35.3 Å². The third-order valence-electron chi connectivity index (χ3n) is 3.73. The molecular weight excluding hydrogens is 276 g/mol. The van der Waals surface area contributed by atoms with Crippen molar-refractivity contribution in [1.29, 1.82) is 0 Å². The lowest BCUT2D eigenvalue weighted by molar-refractivity contribution is 0.0268. The van der Waals surface area contributed by atoms with Gasteiger partial charge in [0.25, 0.3) is 0 Å². The van der Waals surface area contributed by atoms with Gasteiger partial charge in [0, 0.05) is 27.2 Å². The summed E-state index contributed by atoms with van der Waals surface area (Å²) in [6.07, 6.45) is 0. The summed E-state index contributed by atoms with van der Waals surface area (Å²) < 4.78 is 5.41. The highest BCUT2D eigenvalue weighted by Gasteiger charge is 2.18. The molecule has 0 saturated carbocycles. The SMILES string of the molecule is CN=C(NCC(c1ccccc1)N(C)C)NCC(C)(C)OC. The van der Waals surface area contributed by atoms with Gasteiger partial charge in [-0.3, -0.25) is 4.99 Å². The van der Waals surface area contributed by atoms with E-state index in [0.29, 0.717) is 6.54 Å². The van der Waals surface area contributed by atoms with E-state index >= 15 is 0 Å². The first-order chi connectivity index (χ1) is 10.4. The van der Waals surface area contributed by atoms with E-state index in [1.807, 2.05) is 19.9 Å². The molecule has 0 amide bonds. The van der Waals surface area contributed by atoms with Gasteiger partial charge >= 0.3 is 0 Å². The molecule has 5 nitrogen and oxygen atoms in total. The van der Waals surface area contributed by atoms with Crippen LogP contribution in [-0.2, 0) is 4.74 Å². The lowest BCUT2D eigenvalue weighted by atomic mass is 10.1. The molecule has 1 aromatic rings. The smallest absolute Gasteiger partial charge is 0.191 e. The molecule has 0 aromatic heterocycles. The number of hydrogen-bond acceptors (Lipinski definition) is 3. The molecule has 0 aliphatic carbocycles. The molecule has 0 aliphatic rings. The topological polar surface area (TPSA) is 48.9 Å². The predicted octanol–water partition coefficient (Wildman–Crippen LogP) is 1.88. The second kappa shape index (κ2) is 8.76. The molecule has 0 saturated heterocycles. The zero-order valence-electron chi connectivity index (χ0n) is 14.7. The Balaban J connectivity index is 2.60. The number of aliphatic imine (C=N–C) groups is 1. The van der Waals surface area contributed by atoms with Gasteiger partial charge in [-0.2, -0.15) is 0 Å². The van der Waals surface area contributed by atoms with Crippen LogP contribution < -0.4 is 10.6 Å². The first-order valence-corrected chi connectivity index (χ1v) is 7.60. The van der Waals surface area contributed by atoms with Gasteiger partial charge in [0.1, 0.15) is 0 Å². The van der Waals surface area contributed by atoms with Gasteiger partial charge in [-0.05, 0) is 33.5 Å². The number of hydrogen-bond donors (Lipinski definition) is 2. The Morgan fingerprint density at radius 3 is 2.36 bits per heavy atom. The van der Waals surface area contributed by atoms with E-state index in [0.717, 1.165) is 12.5 Å². The van der Waals surface area contributed by atoms with Gasteiger partial charge in [0.2, 0.25) is 0 Å². The number of benzene rings is 1. The fraction of sp³-hybridized carbons (Fsp3) is 0.588. The fourth-order valence-corrected chi connectivity index (χ4v) is 2.06. The van der Waals surface area contributed by atoms with Crippen molar-refractivity contribution in [2.75, 3.05) is 41.3 Å². The maximum Gasteiger partial charge on any atom is 0.191 e. The van der Waals surface area contributed by atoms with E-state index in [-0.39, 0.29) is 11.6 Å². The molecule has 0 fully saturated rings. The van der Waals surface area contributed by atoms with Gasteiger partial charge in [-0.1, -0.05) is 30.3 Å². The molecule has 1 atom stereocenters. The standard InChI is InChI=1S/C17H30N4O/c1-17(2,22-6)13-20-16(18-3)19-12-15(21(4)5)14-10-8-7-9-11-14/h7-11,15H,12-13H2,1-6H3,(H2,18,19,20). The summed E-state index contributed by atoms with van der Waals surface area (Å²) in [6, 6.07) is 10.8. The van der Waals surface area contributed by atoms with Crippen molar-refractivity contribution >= 4 is 5.96 Å². The van der Waals surface area contributed by atoms with Crippen LogP contribution in [0, 0.1) is 0 Å². The average molecular weight is 306 g/mol. The summed E-state index contributed by atoms with van der Waals surface area (Å²) in [6.45, 7) is 5.56. The van der Waals surface area contributed by atoms with E-state index in [2.05, 4.69) is 58.9 Å². The predicted molar refractivity (Wildman–Crippen MR) is 93.3 cm³/mol. The van der Waals surface area contributed by atoms with Gasteiger partial charge in [-0.25, -0.2) is 0 Å². The molecule has 1 rings (SSSR count). The van der Waals surface area contributed by atoms with Crippen LogP contribution in [0.25, 0.3) is 0 Å². The summed E-state index contributed by atoms with van der Waals surface area (Å²) in [4.78, 5) is 6.47. The first-order valence-electron chi connectivity index (χ1n) is 7.60. The Hall–Kier alpha value is -1.59. The van der Waals surface area contributed by atoms with Crippen LogP contribution in [0.1, 0.15) is 25.5 Å². The zero-order chi connectivity index (χ0) is 16.6. The van der Waals surface area contributed by atoms with E-state index in [1.165, 1.54) is 5.56 Å². The maximum atomic E-state index is 5.41. The average Bonchev–Trinajstić information content (AvgIpc) is 2.51. The minimum Gasteiger partial charge on any atom is -0.377 e. The molecule has 0 spiro atoms. The summed E-state index contributed by atoms with van der Waals surface area (Å²) >= 11 is 0. The Morgan fingerprint density at radius 2 is 1.86 bits per heavy atom. The summed E-state index contributed by atoms with van der Waals surface area (Å²) in [7, 11) is 7.67. The molecule has 0 bridgehead atoms. The van der Waals surface area contributed by atoms with Gasteiger partial charge in [0.15, 0.2) is 5.96 Å². The fourth-order valence-electron chi connectivity index (χ4n) is 2.06. The van der Waals surface area contributed by atoms with Crippen molar-refractivity contribution in [2.45, 2.75) is 25.5 Å². The zero-order valence-corrected chi connectivity index (χ0v) is 14.7. The first kappa shape index (κ1) is 18.5. The van der Waals surface area contributed by atoms with Crippen molar-refractivity contribution in [3.05, 3.63) is 35.9 Å². The molecule has 5 heteroatoms. The van der Waals surface area contributed by atoms with Crippen LogP contribution >= 0.6 is 0 Å². The van der Waals surface area contributed by atoms with Crippen LogP contribution in [0.2, 0.25) is 0 Å². The number of nitrogens with one attached hydrogen (secondary N) is 2. The highest BCUT2D eigenvalue weighted by molar-refractivity contribution is 5.79. The van der Waals surface area contributed by atoms with E-state index in [1.54, 1.807) is 14.2 Å². The van der Waals surface area contributed by atoms with Crippen molar-refractivity contribution in [3.8, 4) is 0 Å². The molecule has 0 aliphatic heterocycles. The van der Waals surface area contributed by atoms with Crippen LogP contribution in [0.4, 0.5) is 0 Å². The molecule has 1 unspecified atom stereocenters. The second-order valence-electron chi connectivity index (χ2n) is 6.16. The highest BCUT2D eigenvalue weighted by atomic mass is 16.5. The van der Waals surface area contributed by atoms with Gasteiger partial charge < -0.3 is 20.3 Å². The van der Waals surface area contributed by atoms with Crippen molar-refractivity contribution in [3.63, 3.8) is 0 Å². The van der Waals surface area contributed by atoms with Crippen molar-refractivity contribution in [2.24, 2.45) is 4.99 Å². The number of rotatable bonds is 7. The highest BCUT2D eigenvalue weighted by Crippen LogP contribution is 2.16. The minimum absolute atomic E-state index is 0.224. The number of guanidine groups is 1. The number of ether oxygens (including phenoxy) is 1. The molecule has 124 valence electrons. The lowest BCUT2D eigenvalue weighted by Crippen LogP contribution is -2.47. The Morgan fingerprint density at radius 1 is 1.23 bits per heavy atom. The van der Waals surface area contributed by atoms with Crippen molar-refractivity contribution < 1.29 is 4.74 Å². The quantitative estimate of drug-likeness (QED) is 0.596. The molecular formula is C17H30N4O. The van der Waals surface area contributed by atoms with E-state index in [4.69, 9.17) is 4.74 Å². The Labute approximate surface area is 134 Å². The maximum absolute atomic E-state index is 5.41. The van der Waals surface area contributed by atoms with Gasteiger partial charge in [-0.15, -0.1) is 0 Å². The molecule has 1 aromatic carbocycles. The van der Waals surface area contributed by atoms with Crippen LogP contribution in [-0.4, -0.2) is 57.8 Å². The molecule has 0 radical (unpaired) electrons. The van der Waals surface area contributed by atoms with Gasteiger partial charge in [0.05, 0.1) is 11.6 Å². The molecule has 0 heterocycles. The van der Waals surface area contributed by atoms with E-state index < -0.39 is 0 Å². The third kappa shape index (κ3) is 6.03.